The number of nitro benzene ring substituents is 1. The molecule has 0 aliphatic carbocycles. The second-order valence-electron chi connectivity index (χ2n) is 4.27. The van der Waals surface area contributed by atoms with Crippen molar-refractivity contribution < 1.29 is 9.66 Å². The molecule has 6 nitrogen and oxygen atoms in total. The van der Waals surface area contributed by atoms with E-state index in [0.29, 0.717) is 6.61 Å². The number of hydrogen-bond donors (Lipinski definition) is 1. The number of ether oxygens (including phenoxy) is 1. The molecular formula is C12H17N3O3. The van der Waals surface area contributed by atoms with Crippen molar-refractivity contribution in [3.8, 4) is 0 Å². The van der Waals surface area contributed by atoms with Gasteiger partial charge >= 0.3 is 0 Å². The van der Waals surface area contributed by atoms with Crippen LogP contribution in [0.1, 0.15) is 0 Å². The third-order valence-corrected chi connectivity index (χ3v) is 2.98. The van der Waals surface area contributed by atoms with Crippen molar-refractivity contribution in [2.45, 2.75) is 6.10 Å². The zero-order valence-corrected chi connectivity index (χ0v) is 10.3. The highest BCUT2D eigenvalue weighted by Crippen LogP contribution is 2.22. The van der Waals surface area contributed by atoms with Crippen molar-refractivity contribution in [1.29, 1.82) is 0 Å². The van der Waals surface area contributed by atoms with E-state index in [0.717, 1.165) is 25.3 Å². The van der Waals surface area contributed by atoms with Gasteiger partial charge in [0.1, 0.15) is 0 Å². The molecule has 1 atom stereocenters. The molecule has 0 saturated carbocycles. The number of likely N-dealkylation sites (N-methyl/N-ethyl adjacent to an activating group) is 1. The lowest BCUT2D eigenvalue weighted by atomic mass is 10.2. The molecule has 0 spiro atoms. The second kappa shape index (κ2) is 5.79. The molecule has 1 saturated heterocycles. The molecule has 1 heterocycles. The third-order valence-electron chi connectivity index (χ3n) is 2.98. The minimum atomic E-state index is -0.366. The van der Waals surface area contributed by atoms with E-state index >= 15 is 0 Å². The number of anilines is 1. The van der Waals surface area contributed by atoms with Crippen LogP contribution in [0.5, 0.6) is 0 Å². The first-order valence-electron chi connectivity index (χ1n) is 5.96. The molecule has 0 amide bonds. The fourth-order valence-electron chi connectivity index (χ4n) is 2.11. The van der Waals surface area contributed by atoms with E-state index in [4.69, 9.17) is 4.74 Å². The van der Waals surface area contributed by atoms with Gasteiger partial charge in [-0.25, -0.2) is 0 Å². The lowest BCUT2D eigenvalue weighted by Crippen LogP contribution is -2.46. The Morgan fingerprint density at radius 2 is 2.44 bits per heavy atom. The van der Waals surface area contributed by atoms with Crippen molar-refractivity contribution in [1.82, 2.24) is 5.32 Å². The van der Waals surface area contributed by atoms with Gasteiger partial charge in [0.2, 0.25) is 0 Å². The van der Waals surface area contributed by atoms with Gasteiger partial charge in [-0.3, -0.25) is 10.1 Å². The molecule has 0 aromatic heterocycles. The smallest absolute Gasteiger partial charge is 0.271 e. The Bertz CT molecular complexity index is 423. The highest BCUT2D eigenvalue weighted by Gasteiger charge is 2.21. The molecule has 98 valence electrons. The van der Waals surface area contributed by atoms with Crippen LogP contribution in [0.2, 0.25) is 0 Å². The highest BCUT2D eigenvalue weighted by atomic mass is 16.6. The van der Waals surface area contributed by atoms with Crippen LogP contribution >= 0.6 is 0 Å². The van der Waals surface area contributed by atoms with Crippen LogP contribution in [0.4, 0.5) is 11.4 Å². The maximum atomic E-state index is 10.8. The van der Waals surface area contributed by atoms with Gasteiger partial charge in [0.25, 0.3) is 5.69 Å². The normalized spacial score (nSPS) is 19.8. The first kappa shape index (κ1) is 12.8. The second-order valence-corrected chi connectivity index (χ2v) is 4.27. The van der Waals surface area contributed by atoms with E-state index in [1.54, 1.807) is 12.1 Å². The largest absolute Gasteiger partial charge is 0.373 e. The van der Waals surface area contributed by atoms with Crippen LogP contribution in [-0.2, 0) is 4.74 Å². The lowest BCUT2D eigenvalue weighted by molar-refractivity contribution is -0.384. The quantitative estimate of drug-likeness (QED) is 0.639. The summed E-state index contributed by atoms with van der Waals surface area (Å²) in [5.74, 6) is 0. The SMILES string of the molecule is CNCC1CN(c2cccc([N+](=O)[O-])c2)CCO1. The molecule has 1 aromatic carbocycles. The van der Waals surface area contributed by atoms with Gasteiger partial charge in [-0.2, -0.15) is 0 Å². The fourth-order valence-corrected chi connectivity index (χ4v) is 2.11. The molecule has 1 aliphatic heterocycles. The molecule has 6 heteroatoms. The van der Waals surface area contributed by atoms with Crippen LogP contribution in [0, 0.1) is 10.1 Å². The minimum absolute atomic E-state index is 0.128. The standard InChI is InChI=1S/C12H17N3O3/c1-13-8-12-9-14(5-6-18-12)10-3-2-4-11(7-10)15(16)17/h2-4,7,12-13H,5-6,8-9H2,1H3. The molecule has 1 N–H and O–H groups in total. The van der Waals surface area contributed by atoms with Gasteiger partial charge in [-0.05, 0) is 13.1 Å². The molecule has 2 rings (SSSR count). The number of benzene rings is 1. The monoisotopic (exact) mass is 251 g/mol. The molecular weight excluding hydrogens is 234 g/mol. The summed E-state index contributed by atoms with van der Waals surface area (Å²) in [5.41, 5.74) is 1.01. The van der Waals surface area contributed by atoms with Crippen molar-refractivity contribution in [2.24, 2.45) is 0 Å². The summed E-state index contributed by atoms with van der Waals surface area (Å²) < 4.78 is 5.61. The Kier molecular flexibility index (Phi) is 4.11. The predicted octanol–water partition coefficient (Wildman–Crippen LogP) is 1.02. The van der Waals surface area contributed by atoms with Gasteiger partial charge < -0.3 is 15.0 Å². The first-order valence-corrected chi connectivity index (χ1v) is 5.96. The number of rotatable bonds is 4. The Hall–Kier alpha value is -1.66. The summed E-state index contributed by atoms with van der Waals surface area (Å²) in [6.45, 7) is 2.95. The molecule has 18 heavy (non-hydrogen) atoms. The third kappa shape index (κ3) is 2.96. The zero-order chi connectivity index (χ0) is 13.0. The van der Waals surface area contributed by atoms with E-state index in [1.165, 1.54) is 6.07 Å². The number of morpholine rings is 1. The number of nitrogens with zero attached hydrogens (tertiary/aromatic N) is 2. The zero-order valence-electron chi connectivity index (χ0n) is 10.3. The summed E-state index contributed by atoms with van der Waals surface area (Å²) in [4.78, 5) is 12.5. The Balaban J connectivity index is 2.10. The summed E-state index contributed by atoms with van der Waals surface area (Å²) in [7, 11) is 1.88. The predicted molar refractivity (Wildman–Crippen MR) is 69.0 cm³/mol. The summed E-state index contributed by atoms with van der Waals surface area (Å²) in [6, 6.07) is 6.74. The molecule has 1 aromatic rings. The van der Waals surface area contributed by atoms with Crippen molar-refractivity contribution in [3.05, 3.63) is 34.4 Å². The Morgan fingerprint density at radius 3 is 3.17 bits per heavy atom. The molecule has 0 bridgehead atoms. The number of nitrogens with one attached hydrogen (secondary N) is 1. The maximum absolute atomic E-state index is 10.8. The van der Waals surface area contributed by atoms with Crippen LogP contribution in [0.3, 0.4) is 0 Å². The van der Waals surface area contributed by atoms with Crippen LogP contribution < -0.4 is 10.2 Å². The fraction of sp³-hybridized carbons (Fsp3) is 0.500. The van der Waals surface area contributed by atoms with Crippen molar-refractivity contribution in [2.75, 3.05) is 38.2 Å². The average Bonchev–Trinajstić information content (AvgIpc) is 2.39. The number of non-ortho nitro benzene ring substituents is 1. The van der Waals surface area contributed by atoms with E-state index < -0.39 is 0 Å². The molecule has 1 aliphatic rings. The topological polar surface area (TPSA) is 67.6 Å². The Labute approximate surface area is 106 Å². The average molecular weight is 251 g/mol. The highest BCUT2D eigenvalue weighted by molar-refractivity contribution is 5.53. The maximum Gasteiger partial charge on any atom is 0.271 e. The van der Waals surface area contributed by atoms with Crippen LogP contribution in [0.25, 0.3) is 0 Å². The number of hydrogen-bond acceptors (Lipinski definition) is 5. The van der Waals surface area contributed by atoms with Gasteiger partial charge in [0.15, 0.2) is 0 Å². The van der Waals surface area contributed by atoms with E-state index in [2.05, 4.69) is 10.2 Å². The molecule has 0 radical (unpaired) electrons. The lowest BCUT2D eigenvalue weighted by Gasteiger charge is -2.34. The molecule has 1 fully saturated rings. The van der Waals surface area contributed by atoms with Crippen LogP contribution in [0.15, 0.2) is 24.3 Å². The van der Waals surface area contributed by atoms with Gasteiger partial charge in [-0.15, -0.1) is 0 Å². The van der Waals surface area contributed by atoms with Crippen LogP contribution in [-0.4, -0.2) is 44.3 Å². The summed E-state index contributed by atoms with van der Waals surface area (Å²) in [5, 5.41) is 13.8. The van der Waals surface area contributed by atoms with E-state index in [9.17, 15) is 10.1 Å². The van der Waals surface area contributed by atoms with Gasteiger partial charge in [-0.1, -0.05) is 6.07 Å². The summed E-state index contributed by atoms with van der Waals surface area (Å²) in [6.07, 6.45) is 0.128. The molecule has 1 unspecified atom stereocenters. The van der Waals surface area contributed by atoms with Crippen molar-refractivity contribution in [3.63, 3.8) is 0 Å². The van der Waals surface area contributed by atoms with E-state index in [-0.39, 0.29) is 16.7 Å². The van der Waals surface area contributed by atoms with E-state index in [1.807, 2.05) is 13.1 Å². The van der Waals surface area contributed by atoms with Gasteiger partial charge in [0.05, 0.1) is 17.6 Å². The minimum Gasteiger partial charge on any atom is -0.373 e. The number of nitro groups is 1. The van der Waals surface area contributed by atoms with Gasteiger partial charge in [0, 0.05) is 37.5 Å². The Morgan fingerprint density at radius 1 is 1.61 bits per heavy atom. The van der Waals surface area contributed by atoms with Crippen molar-refractivity contribution >= 4 is 11.4 Å². The first-order chi connectivity index (χ1) is 8.70. The summed E-state index contributed by atoms with van der Waals surface area (Å²) >= 11 is 0.